The molecule has 23 heavy (non-hydrogen) atoms. The fourth-order valence-corrected chi connectivity index (χ4v) is 4.41. The Hall–Kier alpha value is -1.09. The van der Waals surface area contributed by atoms with E-state index in [0.717, 1.165) is 10.9 Å². The van der Waals surface area contributed by atoms with Crippen LogP contribution in [0.2, 0.25) is 0 Å². The molecule has 2 nitrogen and oxygen atoms in total. The van der Waals surface area contributed by atoms with Crippen LogP contribution < -0.4 is 4.74 Å². The summed E-state index contributed by atoms with van der Waals surface area (Å²) in [5.74, 6) is 0.718. The molecule has 1 aliphatic rings. The maximum atomic E-state index is 12.2. The van der Waals surface area contributed by atoms with Crippen LogP contribution in [-0.2, 0) is 5.41 Å². The number of benzene rings is 1. The molecule has 0 fully saturated rings. The molecule has 0 spiro atoms. The van der Waals surface area contributed by atoms with Crippen LogP contribution in [0.5, 0.6) is 5.75 Å². The van der Waals surface area contributed by atoms with E-state index in [1.807, 2.05) is 13.0 Å². The summed E-state index contributed by atoms with van der Waals surface area (Å²) < 4.78 is 6.75. The second kappa shape index (κ2) is 6.08. The zero-order valence-corrected chi connectivity index (χ0v) is 16.8. The van der Waals surface area contributed by atoms with E-state index in [-0.39, 0.29) is 16.6 Å². The topological polar surface area (TPSA) is 26.3 Å². The Labute approximate surface area is 148 Å². The predicted octanol–water partition coefficient (Wildman–Crippen LogP) is 6.16. The summed E-state index contributed by atoms with van der Waals surface area (Å²) in [6.45, 7) is 15.2. The molecule has 0 aromatic heterocycles. The van der Waals surface area contributed by atoms with Crippen molar-refractivity contribution in [1.29, 1.82) is 0 Å². The third kappa shape index (κ3) is 3.26. The Bertz CT molecular complexity index is 676. The molecule has 0 N–H and O–H groups in total. The average Bonchev–Trinajstić information content (AvgIpc) is 2.39. The number of carbonyl (C=O) groups is 1. The van der Waals surface area contributed by atoms with Crippen LogP contribution in [0, 0.1) is 5.41 Å². The van der Waals surface area contributed by atoms with Gasteiger partial charge in [0.25, 0.3) is 0 Å². The molecule has 0 bridgehead atoms. The summed E-state index contributed by atoms with van der Waals surface area (Å²) in [6, 6.07) is 2.03. The Morgan fingerprint density at radius 3 is 2.43 bits per heavy atom. The highest BCUT2D eigenvalue weighted by Crippen LogP contribution is 2.51. The van der Waals surface area contributed by atoms with Crippen LogP contribution >= 0.6 is 15.9 Å². The van der Waals surface area contributed by atoms with E-state index in [2.05, 4.69) is 56.6 Å². The quantitative estimate of drug-likeness (QED) is 0.588. The van der Waals surface area contributed by atoms with Gasteiger partial charge in [-0.15, -0.1) is 0 Å². The second-order valence-corrected chi connectivity index (χ2v) is 8.73. The van der Waals surface area contributed by atoms with Crippen molar-refractivity contribution in [2.75, 3.05) is 6.61 Å². The van der Waals surface area contributed by atoms with Crippen molar-refractivity contribution in [1.82, 2.24) is 0 Å². The van der Waals surface area contributed by atoms with Crippen molar-refractivity contribution >= 4 is 27.3 Å². The number of ketones is 1. The van der Waals surface area contributed by atoms with Crippen LogP contribution in [0.25, 0.3) is 5.57 Å². The first-order valence-corrected chi connectivity index (χ1v) is 9.01. The van der Waals surface area contributed by atoms with Gasteiger partial charge >= 0.3 is 0 Å². The lowest BCUT2D eigenvalue weighted by atomic mass is 9.67. The molecule has 3 heteroatoms. The minimum absolute atomic E-state index is 0.00405. The molecular weight excluding hydrogens is 352 g/mol. The van der Waals surface area contributed by atoms with E-state index in [0.29, 0.717) is 17.9 Å². The van der Waals surface area contributed by atoms with Gasteiger partial charge in [-0.3, -0.25) is 4.79 Å². The first-order valence-electron chi connectivity index (χ1n) is 8.22. The summed E-state index contributed by atoms with van der Waals surface area (Å²) in [7, 11) is 0. The summed E-state index contributed by atoms with van der Waals surface area (Å²) in [5, 5.41) is 0. The highest BCUT2D eigenvalue weighted by Gasteiger charge is 2.36. The van der Waals surface area contributed by atoms with E-state index < -0.39 is 0 Å². The molecule has 1 aliphatic carbocycles. The number of Topliss-reactive ketones (excluding diaryl/α,β-unsaturated/α-hetero) is 1. The van der Waals surface area contributed by atoms with Gasteiger partial charge in [0.2, 0.25) is 0 Å². The lowest BCUT2D eigenvalue weighted by Gasteiger charge is -2.38. The molecule has 2 rings (SSSR count). The molecule has 0 aliphatic heterocycles. The molecular formula is C20H27BrO2. The van der Waals surface area contributed by atoms with Gasteiger partial charge in [-0.25, -0.2) is 0 Å². The summed E-state index contributed by atoms with van der Waals surface area (Å²) in [5.41, 5.74) is 4.42. The molecule has 126 valence electrons. The minimum Gasteiger partial charge on any atom is -0.492 e. The molecule has 0 saturated heterocycles. The SMILES string of the molecule is CCOc1c(C(C)=O)cc2c(c1Br)C(C)(C)CC=C2C(C)(C)C. The van der Waals surface area contributed by atoms with Gasteiger partial charge in [-0.2, -0.15) is 0 Å². The van der Waals surface area contributed by atoms with Crippen LogP contribution in [0.15, 0.2) is 16.6 Å². The minimum atomic E-state index is 0.00405. The molecule has 1 aromatic rings. The second-order valence-electron chi connectivity index (χ2n) is 7.93. The first kappa shape index (κ1) is 18.3. The lowest BCUT2D eigenvalue weighted by molar-refractivity contribution is 0.101. The van der Waals surface area contributed by atoms with Gasteiger partial charge in [0.1, 0.15) is 5.75 Å². The maximum absolute atomic E-state index is 12.2. The van der Waals surface area contributed by atoms with Crippen LogP contribution in [0.4, 0.5) is 0 Å². The highest BCUT2D eigenvalue weighted by molar-refractivity contribution is 9.10. The lowest BCUT2D eigenvalue weighted by Crippen LogP contribution is -2.26. The van der Waals surface area contributed by atoms with Gasteiger partial charge in [-0.05, 0) is 69.8 Å². The zero-order valence-electron chi connectivity index (χ0n) is 15.3. The van der Waals surface area contributed by atoms with Crippen molar-refractivity contribution < 1.29 is 9.53 Å². The Balaban J connectivity index is 2.86. The van der Waals surface area contributed by atoms with Gasteiger partial charge in [-0.1, -0.05) is 40.7 Å². The summed E-state index contributed by atoms with van der Waals surface area (Å²) in [6.07, 6.45) is 3.31. The monoisotopic (exact) mass is 378 g/mol. The van der Waals surface area contributed by atoms with E-state index >= 15 is 0 Å². The largest absolute Gasteiger partial charge is 0.492 e. The van der Waals surface area contributed by atoms with Crippen molar-refractivity contribution in [3.8, 4) is 5.75 Å². The van der Waals surface area contributed by atoms with Gasteiger partial charge < -0.3 is 4.74 Å². The number of allylic oxidation sites excluding steroid dienone is 2. The van der Waals surface area contributed by atoms with Crippen LogP contribution in [-0.4, -0.2) is 12.4 Å². The van der Waals surface area contributed by atoms with Crippen LogP contribution in [0.3, 0.4) is 0 Å². The molecule has 0 heterocycles. The average molecular weight is 379 g/mol. The number of ether oxygens (including phenoxy) is 1. The third-order valence-corrected chi connectivity index (χ3v) is 5.24. The van der Waals surface area contributed by atoms with E-state index in [9.17, 15) is 4.79 Å². The van der Waals surface area contributed by atoms with Gasteiger partial charge in [0.15, 0.2) is 5.78 Å². The van der Waals surface area contributed by atoms with Crippen molar-refractivity contribution in [3.63, 3.8) is 0 Å². The Morgan fingerprint density at radius 1 is 1.35 bits per heavy atom. The van der Waals surface area contributed by atoms with Crippen molar-refractivity contribution in [2.45, 2.75) is 60.3 Å². The van der Waals surface area contributed by atoms with Gasteiger partial charge in [0.05, 0.1) is 16.6 Å². The predicted molar refractivity (Wildman–Crippen MR) is 100 cm³/mol. The molecule has 0 unspecified atom stereocenters. The molecule has 1 aromatic carbocycles. The fourth-order valence-electron chi connectivity index (χ4n) is 3.33. The normalized spacial score (nSPS) is 16.6. The number of hydrogen-bond donors (Lipinski definition) is 0. The van der Waals surface area contributed by atoms with E-state index in [1.165, 1.54) is 16.7 Å². The number of halogens is 1. The summed E-state index contributed by atoms with van der Waals surface area (Å²) in [4.78, 5) is 12.2. The number of carbonyl (C=O) groups excluding carboxylic acids is 1. The smallest absolute Gasteiger partial charge is 0.163 e. The summed E-state index contributed by atoms with van der Waals surface area (Å²) >= 11 is 3.75. The molecule has 0 atom stereocenters. The fraction of sp³-hybridized carbons (Fsp3) is 0.550. The van der Waals surface area contributed by atoms with E-state index in [4.69, 9.17) is 4.74 Å². The molecule has 0 saturated carbocycles. The number of rotatable bonds is 3. The van der Waals surface area contributed by atoms with Crippen LogP contribution in [0.1, 0.15) is 76.4 Å². The number of hydrogen-bond acceptors (Lipinski definition) is 2. The van der Waals surface area contributed by atoms with Crippen molar-refractivity contribution in [3.05, 3.63) is 33.3 Å². The maximum Gasteiger partial charge on any atom is 0.163 e. The van der Waals surface area contributed by atoms with Crippen molar-refractivity contribution in [2.24, 2.45) is 5.41 Å². The standard InChI is InChI=1S/C20H27BrO2/c1-8-23-18-13(12(2)22)11-14-15(19(3,4)5)9-10-20(6,7)16(14)17(18)21/h9,11H,8,10H2,1-7H3. The molecule has 0 radical (unpaired) electrons. The first-order chi connectivity index (χ1) is 10.5. The number of fused-ring (bicyclic) bond motifs is 1. The molecule has 0 amide bonds. The highest BCUT2D eigenvalue weighted by atomic mass is 79.9. The van der Waals surface area contributed by atoms with E-state index in [1.54, 1.807) is 6.92 Å². The zero-order chi connectivity index (χ0) is 17.6. The Morgan fingerprint density at radius 2 is 1.96 bits per heavy atom. The third-order valence-electron chi connectivity index (χ3n) is 4.48. The Kier molecular flexibility index (Phi) is 4.83. The van der Waals surface area contributed by atoms with Gasteiger partial charge in [0, 0.05) is 0 Å².